The first-order valence-corrected chi connectivity index (χ1v) is 5.18. The number of likely N-dealkylation sites (tertiary alicyclic amines) is 1. The lowest BCUT2D eigenvalue weighted by Crippen LogP contribution is -2.29. The number of amides is 2. The van der Waals surface area contributed by atoms with Crippen molar-refractivity contribution in [3.05, 3.63) is 12.2 Å². The number of allylic oxidation sites excluding steroid dienone is 2. The van der Waals surface area contributed by atoms with E-state index in [0.717, 1.165) is 12.8 Å². The molecule has 0 spiro atoms. The lowest BCUT2D eigenvalue weighted by molar-refractivity contribution is -0.139. The Hall–Kier alpha value is -1.12. The second-order valence-electron chi connectivity index (χ2n) is 4.60. The number of hydrogen-bond donors (Lipinski definition) is 0. The molecule has 0 bridgehead atoms. The fraction of sp³-hybridized carbons (Fsp3) is 0.636. The van der Waals surface area contributed by atoms with Crippen molar-refractivity contribution in [1.82, 2.24) is 4.90 Å². The van der Waals surface area contributed by atoms with Crippen LogP contribution >= 0.6 is 0 Å². The molecule has 74 valence electrons. The molecule has 4 atom stereocenters. The van der Waals surface area contributed by atoms with Gasteiger partial charge in [-0.25, -0.2) is 0 Å². The van der Waals surface area contributed by atoms with Crippen molar-refractivity contribution < 1.29 is 9.59 Å². The van der Waals surface area contributed by atoms with E-state index in [1.165, 1.54) is 4.90 Å². The number of carbonyl (C=O) groups excluding carboxylic acids is 2. The van der Waals surface area contributed by atoms with Gasteiger partial charge in [-0.3, -0.25) is 14.5 Å². The van der Waals surface area contributed by atoms with Crippen molar-refractivity contribution in [2.45, 2.75) is 12.8 Å². The summed E-state index contributed by atoms with van der Waals surface area (Å²) in [6.45, 7) is 0. The highest BCUT2D eigenvalue weighted by Crippen LogP contribution is 2.51. The van der Waals surface area contributed by atoms with E-state index in [0.29, 0.717) is 11.8 Å². The molecular formula is C11H13NO2. The van der Waals surface area contributed by atoms with Crippen molar-refractivity contribution in [2.75, 3.05) is 7.05 Å². The van der Waals surface area contributed by atoms with Crippen molar-refractivity contribution in [3.8, 4) is 0 Å². The van der Waals surface area contributed by atoms with Gasteiger partial charge in [0.05, 0.1) is 11.8 Å². The van der Waals surface area contributed by atoms with Gasteiger partial charge in [-0.15, -0.1) is 0 Å². The largest absolute Gasteiger partial charge is 0.285 e. The summed E-state index contributed by atoms with van der Waals surface area (Å²) < 4.78 is 0. The monoisotopic (exact) mass is 191 g/mol. The molecule has 0 aromatic rings. The maximum absolute atomic E-state index is 11.8. The van der Waals surface area contributed by atoms with Crippen molar-refractivity contribution >= 4 is 11.8 Å². The van der Waals surface area contributed by atoms with Crippen LogP contribution < -0.4 is 0 Å². The van der Waals surface area contributed by atoms with Gasteiger partial charge in [-0.05, 0) is 24.7 Å². The molecule has 3 rings (SSSR count). The van der Waals surface area contributed by atoms with Crippen molar-refractivity contribution in [2.24, 2.45) is 23.7 Å². The molecule has 1 saturated carbocycles. The number of fused-ring (bicyclic) bond motifs is 3. The van der Waals surface area contributed by atoms with Crippen LogP contribution in [0.5, 0.6) is 0 Å². The highest BCUT2D eigenvalue weighted by molar-refractivity contribution is 6.05. The number of rotatable bonds is 0. The molecule has 0 radical (unpaired) electrons. The van der Waals surface area contributed by atoms with Gasteiger partial charge in [0, 0.05) is 7.05 Å². The Labute approximate surface area is 82.8 Å². The van der Waals surface area contributed by atoms with Crippen LogP contribution in [-0.4, -0.2) is 23.8 Å². The first-order valence-electron chi connectivity index (χ1n) is 5.18. The smallest absolute Gasteiger partial charge is 0.233 e. The summed E-state index contributed by atoms with van der Waals surface area (Å²) in [5.74, 6) is 0.957. The molecule has 2 aliphatic carbocycles. The van der Waals surface area contributed by atoms with E-state index in [4.69, 9.17) is 0 Å². The summed E-state index contributed by atoms with van der Waals surface area (Å²) in [4.78, 5) is 24.8. The Morgan fingerprint density at radius 1 is 1.36 bits per heavy atom. The summed E-state index contributed by atoms with van der Waals surface area (Å²) in [7, 11) is 1.61. The van der Waals surface area contributed by atoms with Gasteiger partial charge < -0.3 is 0 Å². The number of nitrogens with zero attached hydrogens (tertiary/aromatic N) is 1. The van der Waals surface area contributed by atoms with E-state index in [2.05, 4.69) is 12.2 Å². The SMILES string of the molecule is CN1C(=O)C2CC3CC=CC3C2C1=O. The van der Waals surface area contributed by atoms with Crippen LogP contribution in [0.25, 0.3) is 0 Å². The average molecular weight is 191 g/mol. The third kappa shape index (κ3) is 0.781. The van der Waals surface area contributed by atoms with Crippen LogP contribution in [0.1, 0.15) is 12.8 Å². The van der Waals surface area contributed by atoms with Crippen LogP contribution in [0, 0.1) is 23.7 Å². The molecule has 0 aromatic heterocycles. The Balaban J connectivity index is 1.99. The highest BCUT2D eigenvalue weighted by atomic mass is 16.2. The van der Waals surface area contributed by atoms with Gasteiger partial charge in [0.1, 0.15) is 0 Å². The molecule has 1 heterocycles. The van der Waals surface area contributed by atoms with Crippen LogP contribution in [0.4, 0.5) is 0 Å². The molecular weight excluding hydrogens is 178 g/mol. The van der Waals surface area contributed by atoms with E-state index in [1.54, 1.807) is 7.05 Å². The second kappa shape index (κ2) is 2.47. The topological polar surface area (TPSA) is 37.4 Å². The number of carbonyl (C=O) groups is 2. The van der Waals surface area contributed by atoms with Gasteiger partial charge in [0.15, 0.2) is 0 Å². The molecule has 1 aliphatic heterocycles. The van der Waals surface area contributed by atoms with E-state index in [9.17, 15) is 9.59 Å². The zero-order valence-corrected chi connectivity index (χ0v) is 8.14. The standard InChI is InChI=1S/C11H13NO2/c1-12-10(13)8-5-6-3-2-4-7(6)9(8)11(12)14/h2,4,6-9H,3,5H2,1H3. The van der Waals surface area contributed by atoms with Crippen LogP contribution in [0.2, 0.25) is 0 Å². The molecule has 4 unspecified atom stereocenters. The van der Waals surface area contributed by atoms with Gasteiger partial charge >= 0.3 is 0 Å². The minimum Gasteiger partial charge on any atom is -0.285 e. The summed E-state index contributed by atoms with van der Waals surface area (Å²) in [5.41, 5.74) is 0. The highest BCUT2D eigenvalue weighted by Gasteiger charge is 2.56. The van der Waals surface area contributed by atoms with Crippen LogP contribution in [-0.2, 0) is 9.59 Å². The lowest BCUT2D eigenvalue weighted by atomic mass is 9.90. The number of hydrogen-bond acceptors (Lipinski definition) is 2. The quantitative estimate of drug-likeness (QED) is 0.420. The molecule has 14 heavy (non-hydrogen) atoms. The third-order valence-electron chi connectivity index (χ3n) is 4.01. The summed E-state index contributed by atoms with van der Waals surface area (Å²) in [6.07, 6.45) is 6.26. The first-order chi connectivity index (χ1) is 6.70. The fourth-order valence-corrected chi connectivity index (χ4v) is 3.30. The zero-order valence-electron chi connectivity index (χ0n) is 8.14. The summed E-state index contributed by atoms with van der Waals surface area (Å²) >= 11 is 0. The normalized spacial score (nSPS) is 44.8. The zero-order chi connectivity index (χ0) is 9.87. The van der Waals surface area contributed by atoms with Gasteiger partial charge in [-0.2, -0.15) is 0 Å². The average Bonchev–Trinajstić information content (AvgIpc) is 2.76. The Bertz CT molecular complexity index is 347. The van der Waals surface area contributed by atoms with Crippen LogP contribution in [0.3, 0.4) is 0 Å². The minimum atomic E-state index is -0.0313. The second-order valence-corrected chi connectivity index (χ2v) is 4.60. The lowest BCUT2D eigenvalue weighted by Gasteiger charge is -2.15. The predicted octanol–water partition coefficient (Wildman–Crippen LogP) is 0.813. The van der Waals surface area contributed by atoms with E-state index < -0.39 is 0 Å². The van der Waals surface area contributed by atoms with Crippen LogP contribution in [0.15, 0.2) is 12.2 Å². The summed E-state index contributed by atoms with van der Waals surface area (Å²) in [5, 5.41) is 0. The molecule has 0 N–H and O–H groups in total. The maximum atomic E-state index is 11.8. The fourth-order valence-electron chi connectivity index (χ4n) is 3.30. The molecule has 3 nitrogen and oxygen atoms in total. The molecule has 0 aromatic carbocycles. The molecule has 3 aliphatic rings. The Kier molecular flexibility index (Phi) is 1.45. The van der Waals surface area contributed by atoms with Gasteiger partial charge in [-0.1, -0.05) is 12.2 Å². The van der Waals surface area contributed by atoms with E-state index in [-0.39, 0.29) is 23.7 Å². The molecule has 3 heteroatoms. The Morgan fingerprint density at radius 3 is 2.93 bits per heavy atom. The van der Waals surface area contributed by atoms with Crippen molar-refractivity contribution in [1.29, 1.82) is 0 Å². The minimum absolute atomic E-state index is 0.00699. The molecule has 2 amide bonds. The molecule has 1 saturated heterocycles. The summed E-state index contributed by atoms with van der Waals surface area (Å²) in [6, 6.07) is 0. The third-order valence-corrected chi connectivity index (χ3v) is 4.01. The van der Waals surface area contributed by atoms with E-state index in [1.807, 2.05) is 0 Å². The van der Waals surface area contributed by atoms with Crippen molar-refractivity contribution in [3.63, 3.8) is 0 Å². The predicted molar refractivity (Wildman–Crippen MR) is 50.1 cm³/mol. The number of imide groups is 1. The first kappa shape index (κ1) is 8.21. The molecule has 2 fully saturated rings. The van der Waals surface area contributed by atoms with E-state index >= 15 is 0 Å². The van der Waals surface area contributed by atoms with Gasteiger partial charge in [0.25, 0.3) is 0 Å². The maximum Gasteiger partial charge on any atom is 0.233 e. The Morgan fingerprint density at radius 2 is 2.14 bits per heavy atom. The van der Waals surface area contributed by atoms with Gasteiger partial charge in [0.2, 0.25) is 11.8 Å².